The SMILES string of the molecule is CCCN1C(=O)C(=O)/C(=C(\O)c2ccc3c(c2)CC(C)O3)C1c1cccc(OC)c1. The third-order valence-electron chi connectivity index (χ3n) is 5.58. The molecule has 1 saturated heterocycles. The van der Waals surface area contributed by atoms with E-state index in [9.17, 15) is 14.7 Å². The average Bonchev–Trinajstić information content (AvgIpc) is 3.24. The number of nitrogens with zero attached hydrogens (tertiary/aromatic N) is 1. The van der Waals surface area contributed by atoms with Crippen molar-refractivity contribution < 1.29 is 24.2 Å². The first kappa shape index (κ1) is 20.0. The molecule has 2 aromatic rings. The Bertz CT molecular complexity index is 1040. The smallest absolute Gasteiger partial charge is 0.295 e. The summed E-state index contributed by atoms with van der Waals surface area (Å²) in [5.74, 6) is -0.0153. The highest BCUT2D eigenvalue weighted by molar-refractivity contribution is 6.46. The molecule has 0 radical (unpaired) electrons. The third-order valence-corrected chi connectivity index (χ3v) is 5.58. The van der Waals surface area contributed by atoms with Gasteiger partial charge < -0.3 is 19.5 Å². The second-order valence-corrected chi connectivity index (χ2v) is 7.72. The normalized spacial score (nSPS) is 22.2. The molecule has 2 atom stereocenters. The Kier molecular flexibility index (Phi) is 5.24. The van der Waals surface area contributed by atoms with E-state index in [1.54, 1.807) is 31.4 Å². The average molecular weight is 407 g/mol. The van der Waals surface area contributed by atoms with E-state index >= 15 is 0 Å². The van der Waals surface area contributed by atoms with Gasteiger partial charge in [0.1, 0.15) is 23.4 Å². The number of ether oxygens (including phenoxy) is 2. The van der Waals surface area contributed by atoms with Crippen LogP contribution in [0.15, 0.2) is 48.0 Å². The molecule has 2 aliphatic heterocycles. The largest absolute Gasteiger partial charge is 0.507 e. The van der Waals surface area contributed by atoms with E-state index in [0.29, 0.717) is 24.3 Å². The molecule has 156 valence electrons. The van der Waals surface area contributed by atoms with Gasteiger partial charge in [-0.05, 0) is 54.8 Å². The van der Waals surface area contributed by atoms with Gasteiger partial charge in [-0.25, -0.2) is 0 Å². The molecule has 0 aliphatic carbocycles. The molecule has 6 nitrogen and oxygen atoms in total. The highest BCUT2D eigenvalue weighted by Gasteiger charge is 2.45. The van der Waals surface area contributed by atoms with Crippen molar-refractivity contribution in [3.05, 3.63) is 64.7 Å². The van der Waals surface area contributed by atoms with E-state index in [1.807, 2.05) is 32.0 Å². The Hall–Kier alpha value is -3.28. The van der Waals surface area contributed by atoms with Crippen molar-refractivity contribution >= 4 is 17.4 Å². The lowest BCUT2D eigenvalue weighted by molar-refractivity contribution is -0.139. The minimum absolute atomic E-state index is 0.0734. The van der Waals surface area contributed by atoms with Crippen molar-refractivity contribution in [1.29, 1.82) is 0 Å². The maximum Gasteiger partial charge on any atom is 0.295 e. The number of fused-ring (bicyclic) bond motifs is 1. The minimum Gasteiger partial charge on any atom is -0.507 e. The van der Waals surface area contributed by atoms with Gasteiger partial charge in [-0.1, -0.05) is 19.1 Å². The van der Waals surface area contributed by atoms with Gasteiger partial charge in [0.25, 0.3) is 11.7 Å². The van der Waals surface area contributed by atoms with Gasteiger partial charge in [0.15, 0.2) is 0 Å². The standard InChI is InChI=1S/C24H25NO5/c1-4-10-25-21(15-6-5-7-18(13-15)29-3)20(23(27)24(25)28)22(26)16-8-9-19-17(12-16)11-14(2)30-19/h5-9,12-14,21,26H,4,10-11H2,1-3H3/b22-20-. The van der Waals surface area contributed by atoms with Gasteiger partial charge in [-0.15, -0.1) is 0 Å². The molecule has 2 aliphatic rings. The fraction of sp³-hybridized carbons (Fsp3) is 0.333. The summed E-state index contributed by atoms with van der Waals surface area (Å²) >= 11 is 0. The zero-order valence-corrected chi connectivity index (χ0v) is 17.3. The van der Waals surface area contributed by atoms with Crippen molar-refractivity contribution in [3.63, 3.8) is 0 Å². The van der Waals surface area contributed by atoms with Crippen LogP contribution in [-0.2, 0) is 16.0 Å². The van der Waals surface area contributed by atoms with E-state index in [1.165, 1.54) is 4.90 Å². The highest BCUT2D eigenvalue weighted by atomic mass is 16.5. The molecule has 2 unspecified atom stereocenters. The summed E-state index contributed by atoms with van der Waals surface area (Å²) in [6.07, 6.45) is 1.51. The number of aliphatic hydroxyl groups is 1. The van der Waals surface area contributed by atoms with Gasteiger partial charge in [-0.3, -0.25) is 9.59 Å². The van der Waals surface area contributed by atoms with Gasteiger partial charge in [0, 0.05) is 18.5 Å². The molecule has 2 aromatic carbocycles. The zero-order valence-electron chi connectivity index (χ0n) is 17.3. The first-order valence-electron chi connectivity index (χ1n) is 10.2. The highest BCUT2D eigenvalue weighted by Crippen LogP contribution is 2.41. The monoisotopic (exact) mass is 407 g/mol. The van der Waals surface area contributed by atoms with Crippen LogP contribution in [-0.4, -0.2) is 41.5 Å². The summed E-state index contributed by atoms with van der Waals surface area (Å²) in [6, 6.07) is 12.0. The van der Waals surface area contributed by atoms with Crippen LogP contribution in [0, 0.1) is 0 Å². The maximum absolute atomic E-state index is 13.0. The molecule has 4 rings (SSSR count). The molecular weight excluding hydrogens is 382 g/mol. The van der Waals surface area contributed by atoms with Crippen LogP contribution in [0.25, 0.3) is 5.76 Å². The molecule has 0 bridgehead atoms. The Morgan fingerprint density at radius 2 is 2.03 bits per heavy atom. The molecule has 30 heavy (non-hydrogen) atoms. The van der Waals surface area contributed by atoms with Crippen molar-refractivity contribution in [2.24, 2.45) is 0 Å². The number of Topliss-reactive ketones (excluding diaryl/α,β-unsaturated/α-hetero) is 1. The summed E-state index contributed by atoms with van der Waals surface area (Å²) < 4.78 is 11.1. The second-order valence-electron chi connectivity index (χ2n) is 7.72. The summed E-state index contributed by atoms with van der Waals surface area (Å²) in [4.78, 5) is 27.3. The number of methoxy groups -OCH3 is 1. The van der Waals surface area contributed by atoms with E-state index in [2.05, 4.69) is 0 Å². The quantitative estimate of drug-likeness (QED) is 0.463. The molecule has 1 amide bonds. The van der Waals surface area contributed by atoms with Crippen molar-refractivity contribution in [2.45, 2.75) is 38.8 Å². The number of carbonyl (C=O) groups is 2. The lowest BCUT2D eigenvalue weighted by Gasteiger charge is -2.25. The molecule has 0 aromatic heterocycles. The van der Waals surface area contributed by atoms with E-state index in [-0.39, 0.29) is 17.4 Å². The molecule has 1 N–H and O–H groups in total. The lowest BCUT2D eigenvalue weighted by Crippen LogP contribution is -2.30. The molecular formula is C24H25NO5. The molecule has 0 saturated carbocycles. The van der Waals surface area contributed by atoms with Gasteiger partial charge in [0.05, 0.1) is 18.7 Å². The molecule has 1 fully saturated rings. The predicted octanol–water partition coefficient (Wildman–Crippen LogP) is 3.85. The summed E-state index contributed by atoms with van der Waals surface area (Å²) in [5, 5.41) is 11.2. The predicted molar refractivity (Wildman–Crippen MR) is 113 cm³/mol. The Morgan fingerprint density at radius 3 is 2.77 bits per heavy atom. The number of rotatable bonds is 5. The van der Waals surface area contributed by atoms with Crippen LogP contribution in [0.3, 0.4) is 0 Å². The molecule has 6 heteroatoms. The fourth-order valence-corrected chi connectivity index (χ4v) is 4.23. The maximum atomic E-state index is 13.0. The number of ketones is 1. The van der Waals surface area contributed by atoms with E-state index in [4.69, 9.17) is 9.47 Å². The number of hydrogen-bond donors (Lipinski definition) is 1. The Labute approximate surface area is 175 Å². The van der Waals surface area contributed by atoms with Crippen LogP contribution in [0.4, 0.5) is 0 Å². The van der Waals surface area contributed by atoms with Crippen LogP contribution in [0.1, 0.15) is 43.0 Å². The van der Waals surface area contributed by atoms with E-state index < -0.39 is 17.7 Å². The van der Waals surface area contributed by atoms with Crippen molar-refractivity contribution in [3.8, 4) is 11.5 Å². The van der Waals surface area contributed by atoms with Crippen LogP contribution < -0.4 is 9.47 Å². The second kappa shape index (κ2) is 7.86. The zero-order chi connectivity index (χ0) is 21.4. The molecule has 2 heterocycles. The number of hydrogen-bond acceptors (Lipinski definition) is 5. The van der Waals surface area contributed by atoms with Gasteiger partial charge in [-0.2, -0.15) is 0 Å². The summed E-state index contributed by atoms with van der Waals surface area (Å²) in [7, 11) is 1.57. The number of amides is 1. The van der Waals surface area contributed by atoms with Crippen molar-refractivity contribution in [1.82, 2.24) is 4.90 Å². The first-order chi connectivity index (χ1) is 14.4. The molecule has 0 spiro atoms. The topological polar surface area (TPSA) is 76.1 Å². The summed E-state index contributed by atoms with van der Waals surface area (Å²) in [6.45, 7) is 4.35. The third kappa shape index (κ3) is 3.32. The Morgan fingerprint density at radius 1 is 1.23 bits per heavy atom. The number of benzene rings is 2. The summed E-state index contributed by atoms with van der Waals surface area (Å²) in [5.41, 5.74) is 2.32. The van der Waals surface area contributed by atoms with Gasteiger partial charge in [0.2, 0.25) is 0 Å². The minimum atomic E-state index is -0.668. The fourth-order valence-electron chi connectivity index (χ4n) is 4.23. The van der Waals surface area contributed by atoms with E-state index in [0.717, 1.165) is 23.3 Å². The lowest BCUT2D eigenvalue weighted by atomic mass is 9.94. The van der Waals surface area contributed by atoms with Gasteiger partial charge >= 0.3 is 0 Å². The number of aliphatic hydroxyl groups excluding tert-OH is 1. The number of carbonyl (C=O) groups excluding carboxylic acids is 2. The first-order valence-corrected chi connectivity index (χ1v) is 10.2. The Balaban J connectivity index is 1.85. The van der Waals surface area contributed by atoms with Crippen molar-refractivity contribution in [2.75, 3.05) is 13.7 Å². The number of likely N-dealkylation sites (tertiary alicyclic amines) is 1. The van der Waals surface area contributed by atoms with Crippen LogP contribution >= 0.6 is 0 Å². The van der Waals surface area contributed by atoms with Crippen LogP contribution in [0.5, 0.6) is 11.5 Å². The van der Waals surface area contributed by atoms with Crippen LogP contribution in [0.2, 0.25) is 0 Å².